The number of rotatable bonds is 5. The highest BCUT2D eigenvalue weighted by atomic mass is 16.1. The Morgan fingerprint density at radius 2 is 1.77 bits per heavy atom. The molecule has 3 rings (SSSR count). The summed E-state index contributed by atoms with van der Waals surface area (Å²) in [4.78, 5) is 19.0. The Bertz CT molecular complexity index is 889. The first-order valence-corrected chi connectivity index (χ1v) is 8.75. The number of aryl methyl sites for hydroxylation is 2. The van der Waals surface area contributed by atoms with Crippen LogP contribution in [-0.2, 0) is 0 Å². The average molecular weight is 345 g/mol. The first kappa shape index (κ1) is 17.7. The number of hydrogen-bond acceptors (Lipinski definition) is 3. The maximum absolute atomic E-state index is 12.5. The van der Waals surface area contributed by atoms with Crippen molar-refractivity contribution in [1.82, 2.24) is 4.98 Å². The van der Waals surface area contributed by atoms with Gasteiger partial charge in [-0.05, 0) is 56.7 Å². The van der Waals surface area contributed by atoms with E-state index < -0.39 is 0 Å². The number of nitrogens with zero attached hydrogens (tertiary/aromatic N) is 2. The van der Waals surface area contributed by atoms with Gasteiger partial charge in [0.1, 0.15) is 5.69 Å². The highest BCUT2D eigenvalue weighted by molar-refractivity contribution is 6.03. The van der Waals surface area contributed by atoms with E-state index in [1.54, 1.807) is 12.3 Å². The Morgan fingerprint density at radius 3 is 2.38 bits per heavy atom. The topological polar surface area (TPSA) is 45.2 Å². The molecule has 2 aromatic carbocycles. The minimum absolute atomic E-state index is 0.203. The minimum atomic E-state index is -0.203. The summed E-state index contributed by atoms with van der Waals surface area (Å²) < 4.78 is 0. The van der Waals surface area contributed by atoms with Crippen LogP contribution in [0.4, 0.5) is 17.1 Å². The van der Waals surface area contributed by atoms with Crippen LogP contribution in [0.5, 0.6) is 0 Å². The van der Waals surface area contributed by atoms with Crippen molar-refractivity contribution in [1.29, 1.82) is 0 Å². The molecule has 4 heteroatoms. The molecule has 0 aliphatic heterocycles. The van der Waals surface area contributed by atoms with Crippen LogP contribution in [0.2, 0.25) is 0 Å². The molecular formula is C22H23N3O. The van der Waals surface area contributed by atoms with Gasteiger partial charge in [-0.15, -0.1) is 0 Å². The Hall–Kier alpha value is -3.14. The van der Waals surface area contributed by atoms with Gasteiger partial charge < -0.3 is 10.2 Å². The van der Waals surface area contributed by atoms with Gasteiger partial charge in [-0.3, -0.25) is 4.79 Å². The molecule has 1 amide bonds. The van der Waals surface area contributed by atoms with Gasteiger partial charge in [0, 0.05) is 17.9 Å². The van der Waals surface area contributed by atoms with Gasteiger partial charge in [-0.25, -0.2) is 4.98 Å². The van der Waals surface area contributed by atoms with E-state index in [4.69, 9.17) is 0 Å². The van der Waals surface area contributed by atoms with E-state index in [-0.39, 0.29) is 5.91 Å². The second-order valence-electron chi connectivity index (χ2n) is 6.25. The number of anilines is 3. The van der Waals surface area contributed by atoms with Crippen LogP contribution in [0.3, 0.4) is 0 Å². The molecule has 1 N–H and O–H groups in total. The number of nitrogens with one attached hydrogen (secondary N) is 1. The molecule has 132 valence electrons. The number of hydrogen-bond donors (Lipinski definition) is 1. The van der Waals surface area contributed by atoms with Crippen molar-refractivity contribution < 1.29 is 4.79 Å². The molecule has 0 spiro atoms. The van der Waals surface area contributed by atoms with E-state index in [0.29, 0.717) is 5.69 Å². The molecule has 1 heterocycles. The highest BCUT2D eigenvalue weighted by Crippen LogP contribution is 2.24. The molecule has 0 fully saturated rings. The number of carbonyl (C=O) groups is 1. The van der Waals surface area contributed by atoms with Crippen LogP contribution in [0.15, 0.2) is 66.9 Å². The Balaban J connectivity index is 1.77. The zero-order valence-corrected chi connectivity index (χ0v) is 15.4. The molecule has 0 aliphatic rings. The largest absolute Gasteiger partial charge is 0.341 e. The molecule has 1 aromatic heterocycles. The molecule has 0 saturated carbocycles. The monoisotopic (exact) mass is 345 g/mol. The van der Waals surface area contributed by atoms with Gasteiger partial charge in [0.2, 0.25) is 0 Å². The zero-order chi connectivity index (χ0) is 18.5. The molecule has 3 aromatic rings. The summed E-state index contributed by atoms with van der Waals surface area (Å²) in [6, 6.07) is 19.8. The van der Waals surface area contributed by atoms with Crippen LogP contribution in [0.1, 0.15) is 28.5 Å². The Morgan fingerprint density at radius 1 is 1.00 bits per heavy atom. The fourth-order valence-corrected chi connectivity index (χ4v) is 2.94. The second-order valence-corrected chi connectivity index (χ2v) is 6.25. The quantitative estimate of drug-likeness (QED) is 0.699. The summed E-state index contributed by atoms with van der Waals surface area (Å²) >= 11 is 0. The highest BCUT2D eigenvalue weighted by Gasteiger charge is 2.12. The summed E-state index contributed by atoms with van der Waals surface area (Å²) in [6.45, 7) is 6.93. The smallest absolute Gasteiger partial charge is 0.274 e. The third kappa shape index (κ3) is 3.91. The summed E-state index contributed by atoms with van der Waals surface area (Å²) in [6.07, 6.45) is 1.74. The van der Waals surface area contributed by atoms with E-state index in [0.717, 1.165) is 29.2 Å². The van der Waals surface area contributed by atoms with Crippen molar-refractivity contribution in [2.45, 2.75) is 20.8 Å². The van der Waals surface area contributed by atoms with Gasteiger partial charge >= 0.3 is 0 Å². The summed E-state index contributed by atoms with van der Waals surface area (Å²) in [5.41, 5.74) is 5.48. The normalized spacial score (nSPS) is 10.4. The third-order valence-electron chi connectivity index (χ3n) is 4.31. The van der Waals surface area contributed by atoms with Crippen molar-refractivity contribution in [3.63, 3.8) is 0 Å². The number of para-hydroxylation sites is 1. The standard InChI is InChI=1S/C22H23N3O/c1-4-25(18-8-6-5-7-9-18)19-11-13-21(23-15-19)22(26)24-20-12-10-16(2)14-17(20)3/h5-15H,4H2,1-3H3,(H,24,26). The van der Waals surface area contributed by atoms with Gasteiger partial charge in [-0.1, -0.05) is 35.9 Å². The van der Waals surface area contributed by atoms with E-state index in [9.17, 15) is 4.79 Å². The van der Waals surface area contributed by atoms with E-state index in [2.05, 4.69) is 34.3 Å². The van der Waals surface area contributed by atoms with Crippen molar-refractivity contribution in [2.75, 3.05) is 16.8 Å². The first-order valence-electron chi connectivity index (χ1n) is 8.75. The maximum atomic E-state index is 12.5. The van der Waals surface area contributed by atoms with Crippen LogP contribution >= 0.6 is 0 Å². The van der Waals surface area contributed by atoms with Gasteiger partial charge in [0.25, 0.3) is 5.91 Å². The van der Waals surface area contributed by atoms with Crippen LogP contribution < -0.4 is 10.2 Å². The maximum Gasteiger partial charge on any atom is 0.274 e. The molecule has 4 nitrogen and oxygen atoms in total. The molecule has 0 aliphatic carbocycles. The van der Waals surface area contributed by atoms with E-state index >= 15 is 0 Å². The van der Waals surface area contributed by atoms with Crippen LogP contribution in [-0.4, -0.2) is 17.4 Å². The molecule has 0 atom stereocenters. The fraction of sp³-hybridized carbons (Fsp3) is 0.182. The molecule has 0 radical (unpaired) electrons. The summed E-state index contributed by atoms with van der Waals surface area (Å²) in [7, 11) is 0. The molecule has 0 bridgehead atoms. The number of aromatic nitrogens is 1. The van der Waals surface area contributed by atoms with Crippen LogP contribution in [0, 0.1) is 13.8 Å². The van der Waals surface area contributed by atoms with E-state index in [1.165, 1.54) is 5.56 Å². The molecule has 26 heavy (non-hydrogen) atoms. The van der Waals surface area contributed by atoms with Gasteiger partial charge in [0.05, 0.1) is 11.9 Å². The predicted octanol–water partition coefficient (Wildman–Crippen LogP) is 5.11. The number of benzene rings is 2. The van der Waals surface area contributed by atoms with Gasteiger partial charge in [-0.2, -0.15) is 0 Å². The lowest BCUT2D eigenvalue weighted by Crippen LogP contribution is -2.18. The molecule has 0 unspecified atom stereocenters. The van der Waals surface area contributed by atoms with Crippen LogP contribution in [0.25, 0.3) is 0 Å². The Labute approximate surface area is 154 Å². The lowest BCUT2D eigenvalue weighted by molar-refractivity contribution is 0.102. The van der Waals surface area contributed by atoms with Crippen molar-refractivity contribution in [3.05, 3.63) is 83.7 Å². The first-order chi connectivity index (χ1) is 12.6. The average Bonchev–Trinajstić information content (AvgIpc) is 2.66. The zero-order valence-electron chi connectivity index (χ0n) is 15.4. The molecular weight excluding hydrogens is 322 g/mol. The van der Waals surface area contributed by atoms with Crippen molar-refractivity contribution >= 4 is 23.0 Å². The van der Waals surface area contributed by atoms with Crippen molar-refractivity contribution in [2.24, 2.45) is 0 Å². The number of pyridine rings is 1. The van der Waals surface area contributed by atoms with Gasteiger partial charge in [0.15, 0.2) is 0 Å². The number of carbonyl (C=O) groups excluding carboxylic acids is 1. The Kier molecular flexibility index (Phi) is 5.32. The number of amides is 1. The fourth-order valence-electron chi connectivity index (χ4n) is 2.94. The third-order valence-corrected chi connectivity index (χ3v) is 4.31. The lowest BCUT2D eigenvalue weighted by Gasteiger charge is -2.23. The van der Waals surface area contributed by atoms with Crippen molar-refractivity contribution in [3.8, 4) is 0 Å². The lowest BCUT2D eigenvalue weighted by atomic mass is 10.1. The van der Waals surface area contributed by atoms with E-state index in [1.807, 2.05) is 56.3 Å². The summed E-state index contributed by atoms with van der Waals surface area (Å²) in [5, 5.41) is 2.93. The minimum Gasteiger partial charge on any atom is -0.341 e. The second kappa shape index (κ2) is 7.83. The predicted molar refractivity (Wildman–Crippen MR) is 107 cm³/mol. The SMILES string of the molecule is CCN(c1ccccc1)c1ccc(C(=O)Nc2ccc(C)cc2C)nc1. The molecule has 0 saturated heterocycles. The summed E-state index contributed by atoms with van der Waals surface area (Å²) in [5.74, 6) is -0.203.